The van der Waals surface area contributed by atoms with Crippen LogP contribution in [0.3, 0.4) is 0 Å². The van der Waals surface area contributed by atoms with E-state index in [1.807, 2.05) is 50.2 Å². The molecule has 156 valence electrons. The third-order valence-corrected chi connectivity index (χ3v) is 5.57. The van der Waals surface area contributed by atoms with Gasteiger partial charge in [-0.3, -0.25) is 4.98 Å². The zero-order valence-electron chi connectivity index (χ0n) is 17.9. The van der Waals surface area contributed by atoms with E-state index < -0.39 is 0 Å². The van der Waals surface area contributed by atoms with E-state index in [-0.39, 0.29) is 0 Å². The molecule has 1 N–H and O–H groups in total. The summed E-state index contributed by atoms with van der Waals surface area (Å²) < 4.78 is 5.87. The average molecular weight is 405 g/mol. The van der Waals surface area contributed by atoms with Gasteiger partial charge in [-0.25, -0.2) is 4.98 Å². The molecule has 1 aliphatic rings. The van der Waals surface area contributed by atoms with E-state index in [2.05, 4.69) is 27.1 Å². The van der Waals surface area contributed by atoms with E-state index in [1.165, 1.54) is 19.3 Å². The normalized spacial score (nSPS) is 14.5. The van der Waals surface area contributed by atoms with Crippen LogP contribution in [0.25, 0.3) is 28.5 Å². The number of rotatable bonds is 6. The number of hydrogen-bond acceptors (Lipinski definition) is 7. The maximum atomic E-state index is 5.87. The monoisotopic (exact) mass is 404 g/mol. The van der Waals surface area contributed by atoms with Crippen LogP contribution in [-0.4, -0.2) is 45.2 Å². The molecule has 0 spiro atoms. The lowest BCUT2D eigenvalue weighted by Crippen LogP contribution is -2.22. The smallest absolute Gasteiger partial charge is 0.316 e. The van der Waals surface area contributed by atoms with Crippen molar-refractivity contribution in [3.63, 3.8) is 0 Å². The number of aryl methyl sites for hydroxylation is 1. The second-order valence-corrected chi connectivity index (χ2v) is 8.00. The Morgan fingerprint density at radius 3 is 2.53 bits per heavy atom. The van der Waals surface area contributed by atoms with E-state index >= 15 is 0 Å². The summed E-state index contributed by atoms with van der Waals surface area (Å²) >= 11 is 0. The molecule has 30 heavy (non-hydrogen) atoms. The molecule has 1 saturated carbocycles. The molecule has 1 aliphatic carbocycles. The summed E-state index contributed by atoms with van der Waals surface area (Å²) in [6, 6.07) is 8.99. The minimum atomic E-state index is 0.387. The van der Waals surface area contributed by atoms with E-state index in [9.17, 15) is 0 Å². The molecule has 7 heteroatoms. The first-order valence-electron chi connectivity index (χ1n) is 10.4. The van der Waals surface area contributed by atoms with Gasteiger partial charge in [0.25, 0.3) is 5.89 Å². The third-order valence-electron chi connectivity index (χ3n) is 5.57. The van der Waals surface area contributed by atoms with Crippen LogP contribution < -0.4 is 5.32 Å². The van der Waals surface area contributed by atoms with Crippen LogP contribution in [0, 0.1) is 6.92 Å². The number of hydrogen-bond donors (Lipinski definition) is 1. The average Bonchev–Trinajstić information content (AvgIpc) is 3.22. The highest BCUT2D eigenvalue weighted by molar-refractivity contribution is 5.68. The first kappa shape index (κ1) is 20.1. The highest BCUT2D eigenvalue weighted by Crippen LogP contribution is 2.27. The largest absolute Gasteiger partial charge is 0.402 e. The molecule has 3 aromatic rings. The lowest BCUT2D eigenvalue weighted by molar-refractivity contribution is 0.449. The van der Waals surface area contributed by atoms with Crippen LogP contribution in [0.4, 0.5) is 6.01 Å². The van der Waals surface area contributed by atoms with Gasteiger partial charge in [0.1, 0.15) is 5.69 Å². The molecule has 0 radical (unpaired) electrons. The quantitative estimate of drug-likeness (QED) is 0.633. The maximum Gasteiger partial charge on any atom is 0.316 e. The summed E-state index contributed by atoms with van der Waals surface area (Å²) in [4.78, 5) is 11.3. The summed E-state index contributed by atoms with van der Waals surface area (Å²) in [5.41, 5.74) is 5.12. The zero-order chi connectivity index (χ0) is 21.1. The molecule has 2 heterocycles. The molecular weight excluding hydrogens is 376 g/mol. The molecule has 0 amide bonds. The number of benzene rings is 1. The summed E-state index contributed by atoms with van der Waals surface area (Å²) in [6.45, 7) is 6.00. The van der Waals surface area contributed by atoms with E-state index in [0.29, 0.717) is 23.6 Å². The molecule has 0 bridgehead atoms. The number of nitrogens with one attached hydrogen (secondary N) is 1. The second kappa shape index (κ2) is 8.65. The lowest BCUT2D eigenvalue weighted by Gasteiger charge is -2.21. The molecule has 1 aromatic carbocycles. The van der Waals surface area contributed by atoms with E-state index in [4.69, 9.17) is 9.40 Å². The van der Waals surface area contributed by atoms with Gasteiger partial charge in [-0.05, 0) is 25.3 Å². The molecular formula is C23H28N6O. The lowest BCUT2D eigenvalue weighted by atomic mass is 9.96. The Morgan fingerprint density at radius 2 is 1.83 bits per heavy atom. The van der Waals surface area contributed by atoms with Crippen molar-refractivity contribution < 1.29 is 4.42 Å². The number of aromatic nitrogens is 4. The van der Waals surface area contributed by atoms with Gasteiger partial charge < -0.3 is 14.6 Å². The molecule has 1 fully saturated rings. The minimum absolute atomic E-state index is 0.387. The summed E-state index contributed by atoms with van der Waals surface area (Å²) in [6.07, 6.45) is 7.84. The van der Waals surface area contributed by atoms with Crippen molar-refractivity contribution in [3.8, 4) is 22.8 Å². The first-order chi connectivity index (χ1) is 14.5. The molecule has 0 unspecified atom stereocenters. The molecule has 4 rings (SSSR count). The Labute approximate surface area is 177 Å². The second-order valence-electron chi connectivity index (χ2n) is 8.00. The Bertz CT molecular complexity index is 1020. The highest BCUT2D eigenvalue weighted by Gasteiger charge is 2.19. The van der Waals surface area contributed by atoms with Crippen molar-refractivity contribution in [2.75, 3.05) is 19.4 Å². The summed E-state index contributed by atoms with van der Waals surface area (Å²) in [7, 11) is 3.96. The predicted octanol–water partition coefficient (Wildman–Crippen LogP) is 4.78. The molecule has 0 aliphatic heterocycles. The molecule has 0 atom stereocenters. The van der Waals surface area contributed by atoms with Gasteiger partial charge in [0.15, 0.2) is 0 Å². The SMILES string of the molecule is C=C(c1ccc(-c2cnc(C)c(-c3nnc(NC4CCCCC4)o3)n2)cc1)N(C)C. The predicted molar refractivity (Wildman–Crippen MR) is 119 cm³/mol. The van der Waals surface area contributed by atoms with Gasteiger partial charge in [-0.2, -0.15) is 0 Å². The zero-order valence-corrected chi connectivity index (χ0v) is 17.9. The fourth-order valence-electron chi connectivity index (χ4n) is 3.68. The fraction of sp³-hybridized carbons (Fsp3) is 0.391. The van der Waals surface area contributed by atoms with Crippen molar-refractivity contribution >= 4 is 11.7 Å². The van der Waals surface area contributed by atoms with Crippen LogP contribution in [0.2, 0.25) is 0 Å². The van der Waals surface area contributed by atoms with Gasteiger partial charge in [0, 0.05) is 31.4 Å². The van der Waals surface area contributed by atoms with Crippen molar-refractivity contribution in [2.45, 2.75) is 45.1 Å². The Morgan fingerprint density at radius 1 is 1.10 bits per heavy atom. The van der Waals surface area contributed by atoms with Gasteiger partial charge in [0.2, 0.25) is 0 Å². The van der Waals surface area contributed by atoms with Gasteiger partial charge in [-0.15, -0.1) is 5.10 Å². The third kappa shape index (κ3) is 4.35. The molecule has 2 aromatic heterocycles. The summed E-state index contributed by atoms with van der Waals surface area (Å²) in [5.74, 6) is 0.387. The first-order valence-corrected chi connectivity index (χ1v) is 10.4. The van der Waals surface area contributed by atoms with E-state index in [0.717, 1.165) is 41.1 Å². The molecule has 0 saturated heterocycles. The number of nitrogens with zero attached hydrogens (tertiary/aromatic N) is 5. The van der Waals surface area contributed by atoms with Crippen LogP contribution in [0.5, 0.6) is 0 Å². The van der Waals surface area contributed by atoms with E-state index in [1.54, 1.807) is 6.20 Å². The Hall–Kier alpha value is -3.22. The van der Waals surface area contributed by atoms with Crippen LogP contribution in [0.15, 0.2) is 41.5 Å². The van der Waals surface area contributed by atoms with Gasteiger partial charge in [0.05, 0.1) is 17.6 Å². The van der Waals surface area contributed by atoms with Crippen LogP contribution >= 0.6 is 0 Å². The standard InChI is InChI=1S/C23H28N6O/c1-15-21(22-27-28-23(30-22)25-19-8-6-5-7-9-19)26-20(14-24-15)18-12-10-17(11-13-18)16(2)29(3)4/h10-14,19H,2,5-9H2,1,3-4H3,(H,25,28). The Balaban J connectivity index is 1.56. The minimum Gasteiger partial charge on any atom is -0.402 e. The topological polar surface area (TPSA) is 80.0 Å². The van der Waals surface area contributed by atoms with Crippen LogP contribution in [0.1, 0.15) is 43.4 Å². The van der Waals surface area contributed by atoms with Crippen molar-refractivity contribution in [3.05, 3.63) is 48.3 Å². The van der Waals surface area contributed by atoms with Crippen LogP contribution in [-0.2, 0) is 0 Å². The number of anilines is 1. The van der Waals surface area contributed by atoms with Gasteiger partial charge >= 0.3 is 6.01 Å². The van der Waals surface area contributed by atoms with Gasteiger partial charge in [-0.1, -0.05) is 55.2 Å². The summed E-state index contributed by atoms with van der Waals surface area (Å²) in [5, 5.41) is 11.7. The van der Waals surface area contributed by atoms with Crippen molar-refractivity contribution in [1.82, 2.24) is 25.1 Å². The highest BCUT2D eigenvalue weighted by atomic mass is 16.4. The van der Waals surface area contributed by atoms with Crippen molar-refractivity contribution in [1.29, 1.82) is 0 Å². The Kier molecular flexibility index (Phi) is 5.79. The van der Waals surface area contributed by atoms with Crippen molar-refractivity contribution in [2.24, 2.45) is 0 Å². The fourth-order valence-corrected chi connectivity index (χ4v) is 3.68. The maximum absolute atomic E-state index is 5.87. The molecule has 7 nitrogen and oxygen atoms in total.